The molecule has 0 unspecified atom stereocenters. The van der Waals surface area contributed by atoms with Crippen LogP contribution in [0.15, 0.2) is 16.9 Å². The Hall–Kier alpha value is -1.79. The number of nitrogens with one attached hydrogen (secondary N) is 1. The van der Waals surface area contributed by atoms with E-state index in [-0.39, 0.29) is 22.7 Å². The van der Waals surface area contributed by atoms with Crippen LogP contribution in [0.1, 0.15) is 60.7 Å². The van der Waals surface area contributed by atoms with Crippen LogP contribution in [0.25, 0.3) is 0 Å². The lowest BCUT2D eigenvalue weighted by atomic mass is 9.88. The van der Waals surface area contributed by atoms with E-state index in [2.05, 4.69) is 4.98 Å². The molecule has 0 amide bonds. The van der Waals surface area contributed by atoms with Gasteiger partial charge in [-0.3, -0.25) is 9.69 Å². The van der Waals surface area contributed by atoms with Gasteiger partial charge < -0.3 is 4.98 Å². The van der Waals surface area contributed by atoms with Crippen LogP contribution in [0.3, 0.4) is 0 Å². The maximum atomic E-state index is 14.1. The van der Waals surface area contributed by atoms with Gasteiger partial charge in [0.1, 0.15) is 17.5 Å². The minimum absolute atomic E-state index is 0.115. The fourth-order valence-electron chi connectivity index (χ4n) is 4.14. The largest absolute Gasteiger partial charge is 0.310 e. The fraction of sp³-hybridized carbons (Fsp3) is 0.500. The average Bonchev–Trinajstić information content (AvgIpc) is 2.69. The van der Waals surface area contributed by atoms with Crippen molar-refractivity contribution in [2.24, 2.45) is 0 Å². The van der Waals surface area contributed by atoms with Gasteiger partial charge in [0.2, 0.25) is 0 Å². The van der Waals surface area contributed by atoms with Crippen LogP contribution in [0.5, 0.6) is 0 Å². The van der Waals surface area contributed by atoms with Crippen molar-refractivity contribution in [1.29, 1.82) is 0 Å². The SMILES string of the molecule is O=c1[nH]c(C2CCCCC2)nc2c1CN(Cc1c(F)ccc(F)c1Cl)CC2. The molecule has 1 aliphatic carbocycles. The van der Waals surface area contributed by atoms with Gasteiger partial charge in [0, 0.05) is 37.5 Å². The molecule has 1 fully saturated rings. The molecule has 0 saturated heterocycles. The summed E-state index contributed by atoms with van der Waals surface area (Å²) in [5.74, 6) is -0.0184. The van der Waals surface area contributed by atoms with Crippen molar-refractivity contribution < 1.29 is 8.78 Å². The first-order valence-electron chi connectivity index (χ1n) is 9.49. The first-order valence-corrected chi connectivity index (χ1v) is 9.87. The molecule has 7 heteroatoms. The number of hydrogen-bond acceptors (Lipinski definition) is 3. The number of rotatable bonds is 3. The topological polar surface area (TPSA) is 49.0 Å². The second-order valence-electron chi connectivity index (χ2n) is 7.49. The summed E-state index contributed by atoms with van der Waals surface area (Å²) < 4.78 is 27.7. The molecule has 1 aromatic heterocycles. The maximum Gasteiger partial charge on any atom is 0.255 e. The third-order valence-corrected chi connectivity index (χ3v) is 6.09. The normalized spacial score (nSPS) is 18.5. The number of aromatic amines is 1. The Bertz CT molecular complexity index is 909. The molecule has 0 radical (unpaired) electrons. The van der Waals surface area contributed by atoms with Gasteiger partial charge in [0.25, 0.3) is 5.56 Å². The van der Waals surface area contributed by atoms with Gasteiger partial charge in [-0.05, 0) is 25.0 Å². The molecule has 4 rings (SSSR count). The fourth-order valence-corrected chi connectivity index (χ4v) is 4.36. The molecule has 144 valence electrons. The molecule has 1 aliphatic heterocycles. The summed E-state index contributed by atoms with van der Waals surface area (Å²) in [6.07, 6.45) is 6.38. The average molecular weight is 394 g/mol. The van der Waals surface area contributed by atoms with Crippen LogP contribution in [-0.4, -0.2) is 21.4 Å². The van der Waals surface area contributed by atoms with Gasteiger partial charge >= 0.3 is 0 Å². The van der Waals surface area contributed by atoms with E-state index in [1.165, 1.54) is 19.3 Å². The molecule has 1 aromatic carbocycles. The van der Waals surface area contributed by atoms with Gasteiger partial charge in [-0.15, -0.1) is 0 Å². The van der Waals surface area contributed by atoms with Crippen molar-refractivity contribution in [3.8, 4) is 0 Å². The van der Waals surface area contributed by atoms with E-state index in [4.69, 9.17) is 16.6 Å². The summed E-state index contributed by atoms with van der Waals surface area (Å²) in [6.45, 7) is 1.14. The Balaban J connectivity index is 1.55. The third-order valence-electron chi connectivity index (χ3n) is 5.68. The number of H-pyrrole nitrogens is 1. The molecule has 4 nitrogen and oxygen atoms in total. The van der Waals surface area contributed by atoms with E-state index in [1.54, 1.807) is 0 Å². The summed E-state index contributed by atoms with van der Waals surface area (Å²) in [5.41, 5.74) is 1.47. The first-order chi connectivity index (χ1) is 13.0. The van der Waals surface area contributed by atoms with Crippen LogP contribution in [0, 0.1) is 11.6 Å². The minimum atomic E-state index is -0.637. The van der Waals surface area contributed by atoms with E-state index in [0.717, 1.165) is 36.5 Å². The van der Waals surface area contributed by atoms with Crippen molar-refractivity contribution in [2.75, 3.05) is 6.54 Å². The Labute approximate surface area is 161 Å². The molecule has 2 heterocycles. The zero-order valence-electron chi connectivity index (χ0n) is 15.0. The quantitative estimate of drug-likeness (QED) is 0.790. The second kappa shape index (κ2) is 7.68. The molecule has 1 saturated carbocycles. The number of nitrogens with zero attached hydrogens (tertiary/aromatic N) is 2. The minimum Gasteiger partial charge on any atom is -0.310 e. The third kappa shape index (κ3) is 3.78. The standard InChI is InChI=1S/C20H22ClF2N3O/c21-18-13(15(22)6-7-16(18)23)10-26-9-8-17-14(11-26)20(27)25-19(24-17)12-4-2-1-3-5-12/h6-7,12H,1-5,8-11H2,(H,24,25,27). The summed E-state index contributed by atoms with van der Waals surface area (Å²) in [6, 6.07) is 2.10. The number of fused-ring (bicyclic) bond motifs is 1. The Kier molecular flexibility index (Phi) is 5.28. The lowest BCUT2D eigenvalue weighted by molar-refractivity contribution is 0.237. The van der Waals surface area contributed by atoms with Crippen molar-refractivity contribution in [3.05, 3.63) is 61.8 Å². The van der Waals surface area contributed by atoms with Crippen LogP contribution in [-0.2, 0) is 19.5 Å². The highest BCUT2D eigenvalue weighted by atomic mass is 35.5. The van der Waals surface area contributed by atoms with Gasteiger partial charge in [0.05, 0.1) is 16.3 Å². The Morgan fingerprint density at radius 1 is 1.19 bits per heavy atom. The van der Waals surface area contributed by atoms with Gasteiger partial charge in [-0.1, -0.05) is 30.9 Å². The smallest absolute Gasteiger partial charge is 0.255 e. The highest BCUT2D eigenvalue weighted by molar-refractivity contribution is 6.31. The second-order valence-corrected chi connectivity index (χ2v) is 7.87. The molecule has 0 spiro atoms. The molecular weight excluding hydrogens is 372 g/mol. The highest BCUT2D eigenvalue weighted by Gasteiger charge is 2.25. The van der Waals surface area contributed by atoms with E-state index in [1.807, 2.05) is 4.90 Å². The van der Waals surface area contributed by atoms with Gasteiger partial charge in [0.15, 0.2) is 0 Å². The van der Waals surface area contributed by atoms with Crippen molar-refractivity contribution in [1.82, 2.24) is 14.9 Å². The molecule has 0 atom stereocenters. The zero-order valence-corrected chi connectivity index (χ0v) is 15.8. The molecule has 1 N–H and O–H groups in total. The molecule has 2 aromatic rings. The summed E-state index contributed by atoms with van der Waals surface area (Å²) in [4.78, 5) is 22.3. The lowest BCUT2D eigenvalue weighted by Gasteiger charge is -2.29. The van der Waals surface area contributed by atoms with Crippen LogP contribution < -0.4 is 5.56 Å². The van der Waals surface area contributed by atoms with E-state index in [9.17, 15) is 13.6 Å². The predicted octanol–water partition coefficient (Wildman–Crippen LogP) is 4.31. The van der Waals surface area contributed by atoms with Crippen LogP contribution in [0.2, 0.25) is 5.02 Å². The summed E-state index contributed by atoms with van der Waals surface area (Å²) in [7, 11) is 0. The number of aromatic nitrogens is 2. The molecule has 2 aliphatic rings. The molecule has 27 heavy (non-hydrogen) atoms. The predicted molar refractivity (Wildman–Crippen MR) is 99.9 cm³/mol. The lowest BCUT2D eigenvalue weighted by Crippen LogP contribution is -2.36. The molecular formula is C20H22ClF2N3O. The number of halogens is 3. The van der Waals surface area contributed by atoms with Crippen molar-refractivity contribution in [3.63, 3.8) is 0 Å². The Morgan fingerprint density at radius 3 is 2.70 bits per heavy atom. The Morgan fingerprint density at radius 2 is 1.93 bits per heavy atom. The molecule has 0 bridgehead atoms. The van der Waals surface area contributed by atoms with Gasteiger partial charge in [-0.25, -0.2) is 13.8 Å². The van der Waals surface area contributed by atoms with E-state index in [0.29, 0.717) is 31.0 Å². The summed E-state index contributed by atoms with van der Waals surface area (Å²) in [5, 5.41) is -0.194. The highest BCUT2D eigenvalue weighted by Crippen LogP contribution is 2.31. The zero-order chi connectivity index (χ0) is 19.0. The number of hydrogen-bond donors (Lipinski definition) is 1. The van der Waals surface area contributed by atoms with Crippen molar-refractivity contribution >= 4 is 11.6 Å². The maximum absolute atomic E-state index is 14.1. The summed E-state index contributed by atoms with van der Waals surface area (Å²) >= 11 is 5.93. The monoisotopic (exact) mass is 393 g/mol. The van der Waals surface area contributed by atoms with Crippen molar-refractivity contribution in [2.45, 2.75) is 57.5 Å². The number of benzene rings is 1. The van der Waals surface area contributed by atoms with Crippen LogP contribution >= 0.6 is 11.6 Å². The van der Waals surface area contributed by atoms with E-state index >= 15 is 0 Å². The van der Waals surface area contributed by atoms with Gasteiger partial charge in [-0.2, -0.15) is 0 Å². The first kappa shape index (κ1) is 18.6. The van der Waals surface area contributed by atoms with Crippen LogP contribution in [0.4, 0.5) is 8.78 Å². The van der Waals surface area contributed by atoms with E-state index < -0.39 is 11.6 Å².